The van der Waals surface area contributed by atoms with Crippen LogP contribution in [0, 0.1) is 5.92 Å². The second-order valence-electron chi connectivity index (χ2n) is 7.86. The van der Waals surface area contributed by atoms with Gasteiger partial charge < -0.3 is 20.5 Å². The molecule has 0 radical (unpaired) electrons. The molecule has 0 bridgehead atoms. The highest BCUT2D eigenvalue weighted by Crippen LogP contribution is 2.55. The molecule has 152 valence electrons. The number of aromatic hydroxyl groups is 1. The van der Waals surface area contributed by atoms with Gasteiger partial charge in [0.25, 0.3) is 5.91 Å². The number of rotatable bonds is 2. The number of amides is 1. The fourth-order valence-electron chi connectivity index (χ4n) is 4.96. The number of para-hydroxylation sites is 1. The largest absolute Gasteiger partial charge is 0.504 e. The van der Waals surface area contributed by atoms with Gasteiger partial charge in [-0.3, -0.25) is 4.79 Å². The van der Waals surface area contributed by atoms with Crippen LogP contribution < -0.4 is 15.4 Å². The summed E-state index contributed by atoms with van der Waals surface area (Å²) in [5.41, 5.74) is 3.64. The quantitative estimate of drug-likeness (QED) is 0.539. The number of carbonyl (C=O) groups excluding carboxylic acids is 1. The number of fused-ring (bicyclic) bond motifs is 3. The van der Waals surface area contributed by atoms with E-state index in [1.54, 1.807) is 6.07 Å². The van der Waals surface area contributed by atoms with Gasteiger partial charge in [0.2, 0.25) is 0 Å². The highest BCUT2D eigenvalue weighted by atomic mass is 35.5. The van der Waals surface area contributed by atoms with E-state index in [-0.39, 0.29) is 23.5 Å². The molecule has 3 N–H and O–H groups in total. The summed E-state index contributed by atoms with van der Waals surface area (Å²) in [6, 6.07) is 18.8. The summed E-state index contributed by atoms with van der Waals surface area (Å²) >= 11 is 6.35. The highest BCUT2D eigenvalue weighted by molar-refractivity contribution is 6.30. The van der Waals surface area contributed by atoms with Gasteiger partial charge in [-0.05, 0) is 47.5 Å². The van der Waals surface area contributed by atoms with E-state index in [0.29, 0.717) is 10.8 Å². The predicted molar refractivity (Wildman–Crippen MR) is 117 cm³/mol. The Bertz CT molecular complexity index is 1180. The minimum absolute atomic E-state index is 0.0763. The standard InChI is InChI=1S/C24H21ClN2O3/c1-13-22(14-7-10-20(28)21(11-14)30-2)16-12-15(25)8-9-18(16)27-24(13)17-5-3-4-6-19(17)26-23(24)29/h3-13,22,27-28H,1-2H3,(H,26,29)/t13-,22+,24?/m0/s1. The predicted octanol–water partition coefficient (Wildman–Crippen LogP) is 5.10. The van der Waals surface area contributed by atoms with Gasteiger partial charge in [0.05, 0.1) is 7.11 Å². The van der Waals surface area contributed by atoms with Crippen molar-refractivity contribution in [1.82, 2.24) is 0 Å². The SMILES string of the molecule is COc1cc([C@@H]2c3cc(Cl)ccc3NC3(C(=O)Nc4ccccc43)[C@H]2C)ccc1O. The van der Waals surface area contributed by atoms with Gasteiger partial charge in [-0.1, -0.05) is 42.8 Å². The maximum atomic E-state index is 13.4. The van der Waals surface area contributed by atoms with E-state index in [1.807, 2.05) is 54.6 Å². The molecule has 6 heteroatoms. The lowest BCUT2D eigenvalue weighted by Gasteiger charge is -2.45. The van der Waals surface area contributed by atoms with Crippen molar-refractivity contribution >= 4 is 28.9 Å². The van der Waals surface area contributed by atoms with E-state index in [0.717, 1.165) is 28.1 Å². The molecule has 3 aromatic rings. The van der Waals surface area contributed by atoms with Crippen molar-refractivity contribution in [3.63, 3.8) is 0 Å². The molecule has 3 atom stereocenters. The molecule has 2 aliphatic rings. The maximum Gasteiger partial charge on any atom is 0.255 e. The lowest BCUT2D eigenvalue weighted by atomic mass is 9.65. The second-order valence-corrected chi connectivity index (χ2v) is 8.30. The smallest absolute Gasteiger partial charge is 0.255 e. The Hall–Kier alpha value is -3.18. The van der Waals surface area contributed by atoms with E-state index in [1.165, 1.54) is 7.11 Å². The van der Waals surface area contributed by atoms with E-state index in [2.05, 4.69) is 17.6 Å². The van der Waals surface area contributed by atoms with Crippen molar-refractivity contribution in [3.05, 3.63) is 82.4 Å². The Morgan fingerprint density at radius 1 is 1.07 bits per heavy atom. The Labute approximate surface area is 179 Å². The summed E-state index contributed by atoms with van der Waals surface area (Å²) in [5, 5.41) is 17.3. The van der Waals surface area contributed by atoms with Crippen molar-refractivity contribution in [1.29, 1.82) is 0 Å². The van der Waals surface area contributed by atoms with E-state index >= 15 is 0 Å². The first kappa shape index (κ1) is 18.8. The van der Waals surface area contributed by atoms with Gasteiger partial charge in [0, 0.05) is 33.8 Å². The maximum absolute atomic E-state index is 13.4. The number of anilines is 2. The molecule has 3 aromatic carbocycles. The van der Waals surface area contributed by atoms with Gasteiger partial charge in [-0.15, -0.1) is 0 Å². The lowest BCUT2D eigenvalue weighted by Crippen LogP contribution is -2.52. The van der Waals surface area contributed by atoms with Crippen LogP contribution in [-0.4, -0.2) is 18.1 Å². The molecular formula is C24H21ClN2O3. The fraction of sp³-hybridized carbons (Fsp3) is 0.208. The molecule has 1 unspecified atom stereocenters. The van der Waals surface area contributed by atoms with E-state index < -0.39 is 5.54 Å². The summed E-state index contributed by atoms with van der Waals surface area (Å²) in [6.07, 6.45) is 0. The number of phenols is 1. The van der Waals surface area contributed by atoms with Gasteiger partial charge in [0.1, 0.15) is 5.54 Å². The monoisotopic (exact) mass is 420 g/mol. The first-order valence-corrected chi connectivity index (χ1v) is 10.2. The zero-order valence-electron chi connectivity index (χ0n) is 16.6. The van der Waals surface area contributed by atoms with E-state index in [9.17, 15) is 9.90 Å². The van der Waals surface area contributed by atoms with Crippen LogP contribution in [0.4, 0.5) is 11.4 Å². The average Bonchev–Trinajstić information content (AvgIpc) is 3.02. The Morgan fingerprint density at radius 3 is 2.67 bits per heavy atom. The number of benzene rings is 3. The zero-order chi connectivity index (χ0) is 21.0. The number of halogens is 1. The van der Waals surface area contributed by atoms with Crippen molar-refractivity contribution in [2.75, 3.05) is 17.7 Å². The number of nitrogens with one attached hydrogen (secondary N) is 2. The number of methoxy groups -OCH3 is 1. The first-order chi connectivity index (χ1) is 14.5. The van der Waals surface area contributed by atoms with Crippen LogP contribution in [0.1, 0.15) is 29.5 Å². The van der Waals surface area contributed by atoms with Gasteiger partial charge >= 0.3 is 0 Å². The fourth-order valence-corrected chi connectivity index (χ4v) is 5.14. The molecule has 1 spiro atoms. The zero-order valence-corrected chi connectivity index (χ0v) is 17.3. The Morgan fingerprint density at radius 2 is 1.87 bits per heavy atom. The summed E-state index contributed by atoms with van der Waals surface area (Å²) in [6.45, 7) is 2.07. The summed E-state index contributed by atoms with van der Waals surface area (Å²) in [7, 11) is 1.53. The third kappa shape index (κ3) is 2.52. The van der Waals surface area contributed by atoms with Crippen LogP contribution in [0.2, 0.25) is 5.02 Å². The molecule has 0 saturated carbocycles. The Balaban J connectivity index is 1.76. The van der Waals surface area contributed by atoms with Crippen LogP contribution in [0.3, 0.4) is 0 Å². The molecule has 2 aliphatic heterocycles. The molecule has 30 heavy (non-hydrogen) atoms. The van der Waals surface area contributed by atoms with Crippen molar-refractivity contribution in [2.45, 2.75) is 18.4 Å². The summed E-state index contributed by atoms with van der Waals surface area (Å²) in [4.78, 5) is 13.4. The van der Waals surface area contributed by atoms with Crippen molar-refractivity contribution in [2.24, 2.45) is 5.92 Å². The number of ether oxygens (including phenoxy) is 1. The third-order valence-corrected chi connectivity index (χ3v) is 6.62. The minimum atomic E-state index is -0.923. The molecular weight excluding hydrogens is 400 g/mol. The normalized spacial score (nSPS) is 24.0. The molecule has 0 fully saturated rings. The minimum Gasteiger partial charge on any atom is -0.504 e. The molecule has 0 aliphatic carbocycles. The van der Waals surface area contributed by atoms with Crippen molar-refractivity contribution in [3.8, 4) is 11.5 Å². The number of carbonyl (C=O) groups is 1. The van der Waals surface area contributed by atoms with Crippen LogP contribution >= 0.6 is 11.6 Å². The molecule has 2 heterocycles. The summed E-state index contributed by atoms with van der Waals surface area (Å²) < 4.78 is 5.35. The van der Waals surface area contributed by atoms with E-state index in [4.69, 9.17) is 16.3 Å². The number of hydrogen-bond donors (Lipinski definition) is 3. The molecule has 0 aromatic heterocycles. The number of phenolic OH excluding ortho intramolecular Hbond substituents is 1. The lowest BCUT2D eigenvalue weighted by molar-refractivity contribution is -0.121. The Kier molecular flexibility index (Phi) is 4.19. The molecule has 5 rings (SSSR count). The van der Waals surface area contributed by atoms with Crippen LogP contribution in [0.25, 0.3) is 0 Å². The highest BCUT2D eigenvalue weighted by Gasteiger charge is 2.56. The summed E-state index contributed by atoms with van der Waals surface area (Å²) in [5.74, 6) is 0.0974. The topological polar surface area (TPSA) is 70.6 Å². The van der Waals surface area contributed by atoms with Crippen LogP contribution in [0.15, 0.2) is 60.7 Å². The third-order valence-electron chi connectivity index (χ3n) is 6.38. The molecule has 5 nitrogen and oxygen atoms in total. The number of hydrogen-bond acceptors (Lipinski definition) is 4. The average molecular weight is 421 g/mol. The van der Waals surface area contributed by atoms with Crippen LogP contribution in [-0.2, 0) is 10.3 Å². The van der Waals surface area contributed by atoms with Crippen molar-refractivity contribution < 1.29 is 14.6 Å². The van der Waals surface area contributed by atoms with Gasteiger partial charge in [-0.2, -0.15) is 0 Å². The molecule has 1 amide bonds. The second kappa shape index (κ2) is 6.67. The van der Waals surface area contributed by atoms with Gasteiger partial charge in [-0.25, -0.2) is 0 Å². The van der Waals surface area contributed by atoms with Gasteiger partial charge in [0.15, 0.2) is 11.5 Å². The first-order valence-electron chi connectivity index (χ1n) is 9.81. The van der Waals surface area contributed by atoms with Crippen LogP contribution in [0.5, 0.6) is 11.5 Å². The molecule has 0 saturated heterocycles.